The van der Waals surface area contributed by atoms with Crippen LogP contribution in [0.2, 0.25) is 0 Å². The van der Waals surface area contributed by atoms with Gasteiger partial charge in [-0.05, 0) is 37.6 Å². The van der Waals surface area contributed by atoms with Crippen molar-refractivity contribution < 1.29 is 22.8 Å². The highest BCUT2D eigenvalue weighted by molar-refractivity contribution is 5.53. The van der Waals surface area contributed by atoms with Crippen molar-refractivity contribution in [3.8, 4) is 11.5 Å². The van der Waals surface area contributed by atoms with E-state index in [-0.39, 0.29) is 11.6 Å². The van der Waals surface area contributed by atoms with Gasteiger partial charge < -0.3 is 14.8 Å². The van der Waals surface area contributed by atoms with Crippen LogP contribution in [0.15, 0.2) is 53.1 Å². The minimum Gasteiger partial charge on any atom is -0.634 e. The fraction of sp³-hybridized carbons (Fsp3) is 0.517. The Hall–Kier alpha value is -2.71. The Morgan fingerprint density at radius 2 is 1.46 bits per heavy atom. The van der Waals surface area contributed by atoms with E-state index in [4.69, 9.17) is 4.52 Å². The molecule has 2 atom stereocenters. The van der Waals surface area contributed by atoms with Crippen LogP contribution in [-0.2, 0) is 19.1 Å². The molecule has 37 heavy (non-hydrogen) atoms. The van der Waals surface area contributed by atoms with Crippen LogP contribution in [0.4, 0.5) is 13.2 Å². The minimum absolute atomic E-state index is 0.0615. The zero-order valence-corrected chi connectivity index (χ0v) is 21.8. The summed E-state index contributed by atoms with van der Waals surface area (Å²) in [5, 5.41) is 16.8. The summed E-state index contributed by atoms with van der Waals surface area (Å²) in [6, 6.07) is 11.7. The van der Waals surface area contributed by atoms with Crippen LogP contribution < -0.4 is 5.06 Å². The molecule has 1 aromatic heterocycles. The second-order valence-electron chi connectivity index (χ2n) is 9.78. The summed E-state index contributed by atoms with van der Waals surface area (Å²) in [7, 11) is 0. The summed E-state index contributed by atoms with van der Waals surface area (Å²) in [6.45, 7) is 4.14. The maximum Gasteiger partial charge on any atom is 0.416 e. The van der Waals surface area contributed by atoms with E-state index in [1.54, 1.807) is 6.92 Å². The molecule has 3 aromatic rings. The topological polar surface area (TPSA) is 66.4 Å². The van der Waals surface area contributed by atoms with Gasteiger partial charge >= 0.3 is 6.18 Å². The van der Waals surface area contributed by atoms with Gasteiger partial charge in [-0.1, -0.05) is 87.7 Å². The van der Waals surface area contributed by atoms with Crippen LogP contribution in [0.5, 0.6) is 0 Å². The van der Waals surface area contributed by atoms with Gasteiger partial charge in [-0.3, -0.25) is 0 Å². The average Bonchev–Trinajstić information content (AvgIpc) is 3.36. The SMILES string of the molecule is CCCCCCCCCCCc1noc(-c2ccc(C[NH+]([O-])C(C)c3ccc(C(F)(F)F)cc3)cc2)n1. The minimum atomic E-state index is -4.39. The Kier molecular flexibility index (Phi) is 11.1. The second-order valence-corrected chi connectivity index (χ2v) is 9.78. The number of hydroxylamine groups is 2. The van der Waals surface area contributed by atoms with Crippen LogP contribution in [0.1, 0.15) is 100 Å². The number of alkyl halides is 3. The molecule has 0 aliphatic carbocycles. The highest BCUT2D eigenvalue weighted by atomic mass is 19.4. The van der Waals surface area contributed by atoms with Crippen LogP contribution in [0.25, 0.3) is 11.5 Å². The number of benzene rings is 2. The smallest absolute Gasteiger partial charge is 0.416 e. The van der Waals surface area contributed by atoms with E-state index in [0.29, 0.717) is 17.3 Å². The Balaban J connectivity index is 1.43. The molecule has 0 amide bonds. The third-order valence-electron chi connectivity index (χ3n) is 6.77. The molecule has 8 heteroatoms. The number of halogens is 3. The van der Waals surface area contributed by atoms with Crippen molar-refractivity contribution in [1.82, 2.24) is 10.1 Å². The van der Waals surface area contributed by atoms with Crippen molar-refractivity contribution in [2.75, 3.05) is 0 Å². The van der Waals surface area contributed by atoms with Gasteiger partial charge in [0, 0.05) is 23.1 Å². The standard InChI is InChI=1S/C29H38F3N3O2/c1-3-4-5-6-7-8-9-10-11-12-27-33-28(37-34-27)25-15-13-23(14-16-25)21-35(36)22(2)24-17-19-26(20-18-24)29(30,31)32/h13-20,22,35H,3-12,21H2,1-2H3. The largest absolute Gasteiger partial charge is 0.634 e. The van der Waals surface area contributed by atoms with Crippen LogP contribution in [0.3, 0.4) is 0 Å². The number of aromatic nitrogens is 2. The number of nitrogens with zero attached hydrogens (tertiary/aromatic N) is 2. The lowest BCUT2D eigenvalue weighted by atomic mass is 10.0. The van der Waals surface area contributed by atoms with Gasteiger partial charge in [-0.2, -0.15) is 18.2 Å². The molecule has 2 unspecified atom stereocenters. The van der Waals surface area contributed by atoms with E-state index in [9.17, 15) is 18.4 Å². The van der Waals surface area contributed by atoms with E-state index in [2.05, 4.69) is 17.1 Å². The van der Waals surface area contributed by atoms with Gasteiger partial charge in [0.05, 0.1) is 5.56 Å². The van der Waals surface area contributed by atoms with Gasteiger partial charge in [0.2, 0.25) is 0 Å². The molecule has 0 saturated carbocycles. The molecule has 0 fully saturated rings. The van der Waals surface area contributed by atoms with E-state index in [1.165, 1.54) is 63.5 Å². The predicted octanol–water partition coefficient (Wildman–Crippen LogP) is 7.47. The van der Waals surface area contributed by atoms with E-state index < -0.39 is 17.8 Å². The maximum atomic E-state index is 12.8. The number of quaternary nitrogens is 1. The van der Waals surface area contributed by atoms with E-state index >= 15 is 0 Å². The van der Waals surface area contributed by atoms with Crippen molar-refractivity contribution in [3.63, 3.8) is 0 Å². The summed E-state index contributed by atoms with van der Waals surface area (Å²) in [5.41, 5.74) is 1.46. The molecule has 0 aliphatic heterocycles. The number of rotatable bonds is 15. The number of hydrogen-bond donors (Lipinski definition) is 1. The lowest BCUT2D eigenvalue weighted by Gasteiger charge is -2.29. The average molecular weight is 518 g/mol. The number of aryl methyl sites for hydroxylation is 1. The number of nitrogens with one attached hydrogen (secondary N) is 1. The summed E-state index contributed by atoms with van der Waals surface area (Å²) >= 11 is 0. The van der Waals surface area contributed by atoms with Crippen molar-refractivity contribution in [1.29, 1.82) is 0 Å². The van der Waals surface area contributed by atoms with Gasteiger partial charge in [-0.15, -0.1) is 0 Å². The molecular weight excluding hydrogens is 479 g/mol. The van der Waals surface area contributed by atoms with Crippen LogP contribution in [-0.4, -0.2) is 10.1 Å². The molecule has 5 nitrogen and oxygen atoms in total. The molecule has 0 radical (unpaired) electrons. The summed E-state index contributed by atoms with van der Waals surface area (Å²) in [6.07, 6.45) is 7.80. The van der Waals surface area contributed by atoms with Gasteiger partial charge in [0.1, 0.15) is 12.6 Å². The first-order valence-electron chi connectivity index (χ1n) is 13.4. The normalized spacial score (nSPS) is 13.6. The lowest BCUT2D eigenvalue weighted by molar-refractivity contribution is -0.893. The highest BCUT2D eigenvalue weighted by Crippen LogP contribution is 2.29. The van der Waals surface area contributed by atoms with Crippen molar-refractivity contribution in [2.45, 2.75) is 96.8 Å². The molecule has 1 heterocycles. The highest BCUT2D eigenvalue weighted by Gasteiger charge is 2.30. The van der Waals surface area contributed by atoms with Crippen LogP contribution >= 0.6 is 0 Å². The first-order valence-corrected chi connectivity index (χ1v) is 13.4. The summed E-state index contributed by atoms with van der Waals surface area (Å²) in [5.74, 6) is 1.17. The predicted molar refractivity (Wildman–Crippen MR) is 139 cm³/mol. The lowest BCUT2D eigenvalue weighted by Crippen LogP contribution is -3.05. The molecule has 2 aromatic carbocycles. The Morgan fingerprint density at radius 1 is 0.865 bits per heavy atom. The fourth-order valence-electron chi connectivity index (χ4n) is 4.33. The third kappa shape index (κ3) is 9.27. The zero-order valence-electron chi connectivity index (χ0n) is 21.8. The fourth-order valence-corrected chi connectivity index (χ4v) is 4.33. The first kappa shape index (κ1) is 28.9. The molecule has 0 saturated heterocycles. The Morgan fingerprint density at radius 3 is 2.05 bits per heavy atom. The first-order chi connectivity index (χ1) is 17.8. The molecule has 0 bridgehead atoms. The molecule has 3 rings (SSSR count). The quantitative estimate of drug-likeness (QED) is 0.168. The molecular formula is C29H38F3N3O2. The van der Waals surface area contributed by atoms with Gasteiger partial charge in [0.25, 0.3) is 5.89 Å². The van der Waals surface area contributed by atoms with Crippen molar-refractivity contribution in [2.24, 2.45) is 0 Å². The third-order valence-corrected chi connectivity index (χ3v) is 6.77. The monoisotopic (exact) mass is 517 g/mol. The molecule has 0 aliphatic rings. The van der Waals surface area contributed by atoms with Crippen LogP contribution in [0, 0.1) is 5.21 Å². The van der Waals surface area contributed by atoms with E-state index in [1.807, 2.05) is 24.3 Å². The van der Waals surface area contributed by atoms with Gasteiger partial charge in [-0.25, -0.2) is 0 Å². The summed E-state index contributed by atoms with van der Waals surface area (Å²) in [4.78, 5) is 4.51. The van der Waals surface area contributed by atoms with Gasteiger partial charge in [0.15, 0.2) is 5.82 Å². The number of unbranched alkanes of at least 4 members (excludes halogenated alkanes) is 8. The maximum absolute atomic E-state index is 12.8. The molecule has 202 valence electrons. The van der Waals surface area contributed by atoms with Crippen molar-refractivity contribution >= 4 is 0 Å². The molecule has 1 N–H and O–H groups in total. The molecule has 0 spiro atoms. The van der Waals surface area contributed by atoms with E-state index in [0.717, 1.165) is 36.1 Å². The zero-order chi connectivity index (χ0) is 26.7. The Bertz CT molecular complexity index is 1050. The number of hydrogen-bond acceptors (Lipinski definition) is 4. The summed E-state index contributed by atoms with van der Waals surface area (Å²) < 4.78 is 43.8. The van der Waals surface area contributed by atoms with Crippen molar-refractivity contribution in [3.05, 3.63) is 76.3 Å². The second kappa shape index (κ2) is 14.3. The Labute approximate surface area is 217 Å².